The van der Waals surface area contributed by atoms with Gasteiger partial charge < -0.3 is 4.42 Å². The topological polar surface area (TPSA) is 16.4 Å². The second-order valence-electron chi connectivity index (χ2n) is 2.88. The van der Waals surface area contributed by atoms with Gasteiger partial charge in [0, 0.05) is 12.1 Å². The fourth-order valence-corrected chi connectivity index (χ4v) is 1.08. The lowest BCUT2D eigenvalue weighted by Gasteiger charge is -2.11. The third kappa shape index (κ3) is 2.14. The zero-order valence-corrected chi connectivity index (χ0v) is 7.50. The third-order valence-corrected chi connectivity index (χ3v) is 1.77. The Morgan fingerprint density at radius 3 is 2.92 bits per heavy atom. The maximum absolute atomic E-state index is 5.18. The molecule has 0 unspecified atom stereocenters. The van der Waals surface area contributed by atoms with Gasteiger partial charge in [-0.1, -0.05) is 5.92 Å². The molecule has 1 aromatic heterocycles. The normalized spacial score (nSPS) is 10.2. The molecule has 0 aliphatic rings. The van der Waals surface area contributed by atoms with Gasteiger partial charge in [-0.15, -0.1) is 6.42 Å². The fourth-order valence-electron chi connectivity index (χ4n) is 1.08. The molecule has 64 valence electrons. The van der Waals surface area contributed by atoms with E-state index in [4.69, 9.17) is 10.8 Å². The number of rotatable bonds is 3. The molecule has 1 heterocycles. The van der Waals surface area contributed by atoms with Crippen molar-refractivity contribution in [2.45, 2.75) is 13.5 Å². The molecule has 0 aliphatic heterocycles. The molecule has 0 radical (unpaired) electrons. The van der Waals surface area contributed by atoms with E-state index in [1.165, 1.54) is 5.56 Å². The van der Waals surface area contributed by atoms with E-state index < -0.39 is 0 Å². The number of aryl methyl sites for hydroxylation is 1. The first kappa shape index (κ1) is 8.89. The minimum absolute atomic E-state index is 0.671. The Labute approximate surface area is 73.2 Å². The summed E-state index contributed by atoms with van der Waals surface area (Å²) >= 11 is 0. The summed E-state index contributed by atoms with van der Waals surface area (Å²) in [5.41, 5.74) is 1.20. The summed E-state index contributed by atoms with van der Waals surface area (Å²) in [4.78, 5) is 2.07. The predicted molar refractivity (Wildman–Crippen MR) is 48.6 cm³/mol. The minimum Gasteiger partial charge on any atom is -0.469 e. The molecule has 0 atom stereocenters. The smallest absolute Gasteiger partial charge is 0.105 e. The lowest BCUT2D eigenvalue weighted by atomic mass is 10.2. The Kier molecular flexibility index (Phi) is 2.95. The van der Waals surface area contributed by atoms with Crippen LogP contribution in [0.1, 0.15) is 11.3 Å². The molecule has 0 aliphatic carbocycles. The summed E-state index contributed by atoms with van der Waals surface area (Å²) in [6.45, 7) is 3.48. The molecule has 0 aromatic carbocycles. The zero-order valence-electron chi connectivity index (χ0n) is 7.50. The Bertz CT molecular complexity index is 282. The fraction of sp³-hybridized carbons (Fsp3) is 0.400. The van der Waals surface area contributed by atoms with Crippen molar-refractivity contribution in [1.82, 2.24) is 4.90 Å². The van der Waals surface area contributed by atoms with E-state index in [2.05, 4.69) is 10.8 Å². The van der Waals surface area contributed by atoms with Gasteiger partial charge in [-0.2, -0.15) is 0 Å². The molecule has 0 spiro atoms. The predicted octanol–water partition coefficient (Wildman–Crippen LogP) is 1.65. The Morgan fingerprint density at radius 1 is 1.67 bits per heavy atom. The quantitative estimate of drug-likeness (QED) is 0.630. The van der Waals surface area contributed by atoms with E-state index in [9.17, 15) is 0 Å². The van der Waals surface area contributed by atoms with Crippen molar-refractivity contribution in [3.8, 4) is 12.3 Å². The SMILES string of the molecule is C#CCN(C)Cc1ccoc1C. The third-order valence-electron chi connectivity index (χ3n) is 1.77. The monoisotopic (exact) mass is 163 g/mol. The van der Waals surface area contributed by atoms with Crippen LogP contribution in [0.5, 0.6) is 0 Å². The van der Waals surface area contributed by atoms with Crippen LogP contribution >= 0.6 is 0 Å². The molecule has 1 aromatic rings. The Balaban J connectivity index is 2.53. The summed E-state index contributed by atoms with van der Waals surface area (Å²) in [6, 6.07) is 1.97. The molecule has 0 N–H and O–H groups in total. The van der Waals surface area contributed by atoms with Gasteiger partial charge in [-0.25, -0.2) is 0 Å². The lowest BCUT2D eigenvalue weighted by molar-refractivity contribution is 0.365. The van der Waals surface area contributed by atoms with Gasteiger partial charge >= 0.3 is 0 Å². The maximum Gasteiger partial charge on any atom is 0.105 e. The van der Waals surface area contributed by atoms with Crippen LogP contribution in [0.3, 0.4) is 0 Å². The first-order valence-electron chi connectivity index (χ1n) is 3.89. The Hall–Kier alpha value is -1.20. The van der Waals surface area contributed by atoms with Crippen molar-refractivity contribution < 1.29 is 4.42 Å². The first-order chi connectivity index (χ1) is 5.74. The molecular formula is C10H13NO. The van der Waals surface area contributed by atoms with Crippen molar-refractivity contribution in [2.24, 2.45) is 0 Å². The summed E-state index contributed by atoms with van der Waals surface area (Å²) in [5.74, 6) is 3.57. The van der Waals surface area contributed by atoms with Crippen LogP contribution in [0, 0.1) is 19.3 Å². The molecular weight excluding hydrogens is 150 g/mol. The number of terminal acetylenes is 1. The van der Waals surface area contributed by atoms with Gasteiger partial charge in [0.1, 0.15) is 5.76 Å². The molecule has 2 nitrogen and oxygen atoms in total. The highest BCUT2D eigenvalue weighted by Gasteiger charge is 2.03. The second-order valence-corrected chi connectivity index (χ2v) is 2.88. The minimum atomic E-state index is 0.671. The van der Waals surface area contributed by atoms with Crippen molar-refractivity contribution in [3.63, 3.8) is 0 Å². The number of furan rings is 1. The Morgan fingerprint density at radius 2 is 2.42 bits per heavy atom. The molecule has 0 amide bonds. The van der Waals surface area contributed by atoms with Crippen LogP contribution in [0.25, 0.3) is 0 Å². The van der Waals surface area contributed by atoms with Crippen LogP contribution in [-0.2, 0) is 6.54 Å². The van der Waals surface area contributed by atoms with Crippen LogP contribution in [0.2, 0.25) is 0 Å². The van der Waals surface area contributed by atoms with E-state index in [0.29, 0.717) is 6.54 Å². The van der Waals surface area contributed by atoms with Crippen molar-refractivity contribution in [3.05, 3.63) is 23.7 Å². The summed E-state index contributed by atoms with van der Waals surface area (Å²) in [5, 5.41) is 0. The van der Waals surface area contributed by atoms with E-state index in [1.807, 2.05) is 20.0 Å². The van der Waals surface area contributed by atoms with E-state index in [-0.39, 0.29) is 0 Å². The molecule has 1 rings (SSSR count). The molecule has 0 saturated heterocycles. The van der Waals surface area contributed by atoms with Crippen molar-refractivity contribution in [2.75, 3.05) is 13.6 Å². The van der Waals surface area contributed by atoms with E-state index in [1.54, 1.807) is 6.26 Å². The number of nitrogens with zero attached hydrogens (tertiary/aromatic N) is 1. The first-order valence-corrected chi connectivity index (χ1v) is 3.89. The van der Waals surface area contributed by atoms with Crippen LogP contribution in [0.4, 0.5) is 0 Å². The average Bonchev–Trinajstić information content (AvgIpc) is 2.37. The number of hydrogen-bond donors (Lipinski definition) is 0. The van der Waals surface area contributed by atoms with Gasteiger partial charge in [-0.3, -0.25) is 4.90 Å². The standard InChI is InChI=1S/C10H13NO/c1-4-6-11(3)8-10-5-7-12-9(10)2/h1,5,7H,6,8H2,2-3H3. The molecule has 2 heteroatoms. The molecule has 12 heavy (non-hydrogen) atoms. The van der Waals surface area contributed by atoms with Gasteiger partial charge in [0.15, 0.2) is 0 Å². The van der Waals surface area contributed by atoms with Gasteiger partial charge in [-0.05, 0) is 20.0 Å². The molecule has 0 saturated carbocycles. The largest absolute Gasteiger partial charge is 0.469 e. The highest BCUT2D eigenvalue weighted by molar-refractivity contribution is 5.15. The summed E-state index contributed by atoms with van der Waals surface area (Å²) < 4.78 is 5.17. The summed E-state index contributed by atoms with van der Waals surface area (Å²) in [7, 11) is 1.99. The van der Waals surface area contributed by atoms with Gasteiger partial charge in [0.05, 0.1) is 12.8 Å². The highest BCUT2D eigenvalue weighted by Crippen LogP contribution is 2.10. The van der Waals surface area contributed by atoms with E-state index >= 15 is 0 Å². The van der Waals surface area contributed by atoms with Crippen LogP contribution in [0.15, 0.2) is 16.7 Å². The summed E-state index contributed by atoms with van der Waals surface area (Å²) in [6.07, 6.45) is 6.88. The molecule has 0 bridgehead atoms. The van der Waals surface area contributed by atoms with Gasteiger partial charge in [0.2, 0.25) is 0 Å². The second kappa shape index (κ2) is 3.99. The highest BCUT2D eigenvalue weighted by atomic mass is 16.3. The number of hydrogen-bond acceptors (Lipinski definition) is 2. The van der Waals surface area contributed by atoms with Crippen molar-refractivity contribution >= 4 is 0 Å². The zero-order chi connectivity index (χ0) is 8.97. The van der Waals surface area contributed by atoms with E-state index in [0.717, 1.165) is 12.3 Å². The lowest BCUT2D eigenvalue weighted by Crippen LogP contribution is -2.17. The van der Waals surface area contributed by atoms with Crippen molar-refractivity contribution in [1.29, 1.82) is 0 Å². The van der Waals surface area contributed by atoms with Crippen LogP contribution < -0.4 is 0 Å². The van der Waals surface area contributed by atoms with Gasteiger partial charge in [0.25, 0.3) is 0 Å². The van der Waals surface area contributed by atoms with Crippen LogP contribution in [-0.4, -0.2) is 18.5 Å². The maximum atomic E-state index is 5.18. The molecule has 0 fully saturated rings. The average molecular weight is 163 g/mol.